The summed E-state index contributed by atoms with van der Waals surface area (Å²) in [6.45, 7) is 6.00. The van der Waals surface area contributed by atoms with Crippen LogP contribution in [0.1, 0.15) is 33.0 Å². The standard InChI is InChI=1S/C12H18ClN3O2/c1-12(2,3)18-11(17)15-7-4-5-10-14-8-6-9(13)16-10/h6,8H,4-5,7H2,1-3H3,(H,15,17). The summed E-state index contributed by atoms with van der Waals surface area (Å²) in [4.78, 5) is 19.5. The number of amides is 1. The monoisotopic (exact) mass is 271 g/mol. The Kier molecular flexibility index (Phi) is 5.34. The fraction of sp³-hybridized carbons (Fsp3) is 0.583. The van der Waals surface area contributed by atoms with Crippen molar-refractivity contribution < 1.29 is 9.53 Å². The number of carbonyl (C=O) groups is 1. The van der Waals surface area contributed by atoms with E-state index in [0.29, 0.717) is 23.9 Å². The van der Waals surface area contributed by atoms with E-state index in [4.69, 9.17) is 16.3 Å². The van der Waals surface area contributed by atoms with E-state index in [-0.39, 0.29) is 0 Å². The first-order valence-electron chi connectivity index (χ1n) is 5.81. The number of hydrogen-bond donors (Lipinski definition) is 1. The van der Waals surface area contributed by atoms with E-state index in [1.165, 1.54) is 0 Å². The molecular weight excluding hydrogens is 254 g/mol. The van der Waals surface area contributed by atoms with Gasteiger partial charge in [-0.2, -0.15) is 0 Å². The van der Waals surface area contributed by atoms with Crippen LogP contribution in [0, 0.1) is 0 Å². The summed E-state index contributed by atoms with van der Waals surface area (Å²) in [7, 11) is 0. The van der Waals surface area contributed by atoms with Gasteiger partial charge in [-0.15, -0.1) is 0 Å². The first-order valence-corrected chi connectivity index (χ1v) is 6.19. The van der Waals surface area contributed by atoms with Gasteiger partial charge in [0.15, 0.2) is 0 Å². The van der Waals surface area contributed by atoms with Crippen molar-refractivity contribution in [1.82, 2.24) is 15.3 Å². The van der Waals surface area contributed by atoms with Crippen molar-refractivity contribution >= 4 is 17.7 Å². The lowest BCUT2D eigenvalue weighted by molar-refractivity contribution is 0.0527. The van der Waals surface area contributed by atoms with E-state index >= 15 is 0 Å². The highest BCUT2D eigenvalue weighted by Gasteiger charge is 2.15. The van der Waals surface area contributed by atoms with Crippen LogP contribution in [-0.4, -0.2) is 28.2 Å². The second-order valence-electron chi connectivity index (χ2n) is 4.83. The predicted molar refractivity (Wildman–Crippen MR) is 69.6 cm³/mol. The Bertz CT molecular complexity index is 405. The third-order valence-electron chi connectivity index (χ3n) is 1.92. The molecular formula is C12H18ClN3O2. The fourth-order valence-electron chi connectivity index (χ4n) is 1.25. The smallest absolute Gasteiger partial charge is 0.407 e. The topological polar surface area (TPSA) is 64.1 Å². The minimum Gasteiger partial charge on any atom is -0.444 e. The van der Waals surface area contributed by atoms with Crippen molar-refractivity contribution in [3.63, 3.8) is 0 Å². The number of ether oxygens (including phenoxy) is 1. The third kappa shape index (κ3) is 6.39. The maximum Gasteiger partial charge on any atom is 0.407 e. The van der Waals surface area contributed by atoms with Crippen molar-refractivity contribution in [2.24, 2.45) is 0 Å². The van der Waals surface area contributed by atoms with Gasteiger partial charge in [0.2, 0.25) is 0 Å². The molecule has 0 aromatic carbocycles. The Labute approximate surface area is 112 Å². The molecule has 0 fully saturated rings. The molecule has 0 atom stereocenters. The van der Waals surface area contributed by atoms with Crippen molar-refractivity contribution in [3.8, 4) is 0 Å². The van der Waals surface area contributed by atoms with E-state index in [9.17, 15) is 4.79 Å². The number of nitrogens with zero attached hydrogens (tertiary/aromatic N) is 2. The molecule has 1 amide bonds. The fourth-order valence-corrected chi connectivity index (χ4v) is 1.40. The van der Waals surface area contributed by atoms with E-state index in [2.05, 4.69) is 15.3 Å². The summed E-state index contributed by atoms with van der Waals surface area (Å²) >= 11 is 5.74. The highest BCUT2D eigenvalue weighted by molar-refractivity contribution is 6.29. The zero-order valence-electron chi connectivity index (χ0n) is 10.9. The highest BCUT2D eigenvalue weighted by atomic mass is 35.5. The predicted octanol–water partition coefficient (Wildman–Crippen LogP) is 2.59. The van der Waals surface area contributed by atoms with Crippen molar-refractivity contribution in [1.29, 1.82) is 0 Å². The summed E-state index contributed by atoms with van der Waals surface area (Å²) in [5.74, 6) is 0.675. The number of aryl methyl sites for hydroxylation is 1. The molecule has 0 aliphatic heterocycles. The number of rotatable bonds is 4. The first-order chi connectivity index (χ1) is 8.37. The Balaban J connectivity index is 2.21. The summed E-state index contributed by atoms with van der Waals surface area (Å²) in [6.07, 6.45) is 2.61. The van der Waals surface area contributed by atoms with Gasteiger partial charge in [-0.25, -0.2) is 14.8 Å². The molecule has 0 aliphatic rings. The molecule has 0 saturated heterocycles. The first kappa shape index (κ1) is 14.7. The lowest BCUT2D eigenvalue weighted by Crippen LogP contribution is -2.33. The van der Waals surface area contributed by atoms with Crippen LogP contribution >= 0.6 is 11.6 Å². The molecule has 6 heteroatoms. The van der Waals surface area contributed by atoms with Gasteiger partial charge in [-0.3, -0.25) is 0 Å². The molecule has 18 heavy (non-hydrogen) atoms. The lowest BCUT2D eigenvalue weighted by atomic mass is 10.2. The molecule has 0 saturated carbocycles. The highest BCUT2D eigenvalue weighted by Crippen LogP contribution is 2.06. The second-order valence-corrected chi connectivity index (χ2v) is 5.22. The quantitative estimate of drug-likeness (QED) is 0.675. The molecule has 1 aromatic rings. The molecule has 5 nitrogen and oxygen atoms in total. The van der Waals surface area contributed by atoms with Crippen LogP contribution < -0.4 is 5.32 Å². The number of aromatic nitrogens is 2. The van der Waals surface area contributed by atoms with E-state index in [0.717, 1.165) is 6.42 Å². The maximum atomic E-state index is 11.3. The zero-order valence-corrected chi connectivity index (χ0v) is 11.6. The summed E-state index contributed by atoms with van der Waals surface area (Å²) in [6, 6.07) is 1.63. The van der Waals surface area contributed by atoms with E-state index < -0.39 is 11.7 Å². The summed E-state index contributed by atoms with van der Waals surface area (Å²) in [5, 5.41) is 3.11. The SMILES string of the molecule is CC(C)(C)OC(=O)NCCCc1nccc(Cl)n1. The number of alkyl carbamates (subject to hydrolysis) is 1. The van der Waals surface area contributed by atoms with Gasteiger partial charge in [0, 0.05) is 19.2 Å². The Hall–Kier alpha value is -1.36. The molecule has 0 unspecified atom stereocenters. The normalized spacial score (nSPS) is 11.1. The van der Waals surface area contributed by atoms with Crippen LogP contribution in [0.5, 0.6) is 0 Å². The minimum absolute atomic E-state index is 0.408. The number of hydrogen-bond acceptors (Lipinski definition) is 4. The van der Waals surface area contributed by atoms with Crippen LogP contribution in [-0.2, 0) is 11.2 Å². The van der Waals surface area contributed by atoms with Crippen molar-refractivity contribution in [3.05, 3.63) is 23.2 Å². The number of carbonyl (C=O) groups excluding carboxylic acids is 1. The molecule has 1 heterocycles. The van der Waals surface area contributed by atoms with Crippen LogP contribution in [0.25, 0.3) is 0 Å². The zero-order chi connectivity index (χ0) is 13.6. The Morgan fingerprint density at radius 1 is 1.50 bits per heavy atom. The summed E-state index contributed by atoms with van der Waals surface area (Å²) < 4.78 is 5.11. The van der Waals surface area contributed by atoms with Gasteiger partial charge in [0.25, 0.3) is 0 Å². The molecule has 1 aromatic heterocycles. The van der Waals surface area contributed by atoms with Crippen molar-refractivity contribution in [2.45, 2.75) is 39.2 Å². The van der Waals surface area contributed by atoms with Crippen LogP contribution in [0.15, 0.2) is 12.3 Å². The molecule has 1 N–H and O–H groups in total. The van der Waals surface area contributed by atoms with Gasteiger partial charge < -0.3 is 10.1 Å². The number of nitrogens with one attached hydrogen (secondary N) is 1. The van der Waals surface area contributed by atoms with Crippen LogP contribution in [0.3, 0.4) is 0 Å². The van der Waals surface area contributed by atoms with E-state index in [1.807, 2.05) is 20.8 Å². The molecule has 0 spiro atoms. The third-order valence-corrected chi connectivity index (χ3v) is 2.13. The van der Waals surface area contributed by atoms with Gasteiger partial charge in [-0.05, 0) is 33.3 Å². The van der Waals surface area contributed by atoms with E-state index in [1.54, 1.807) is 12.3 Å². The van der Waals surface area contributed by atoms with Crippen molar-refractivity contribution in [2.75, 3.05) is 6.54 Å². The molecule has 0 radical (unpaired) electrons. The molecule has 1 rings (SSSR count). The number of halogens is 1. The van der Waals surface area contributed by atoms with Crippen LogP contribution in [0.2, 0.25) is 5.15 Å². The molecule has 0 aliphatic carbocycles. The van der Waals surface area contributed by atoms with Gasteiger partial charge in [0.1, 0.15) is 16.6 Å². The molecule has 0 bridgehead atoms. The van der Waals surface area contributed by atoms with Crippen LogP contribution in [0.4, 0.5) is 4.79 Å². The lowest BCUT2D eigenvalue weighted by Gasteiger charge is -2.19. The average molecular weight is 272 g/mol. The second kappa shape index (κ2) is 6.54. The van der Waals surface area contributed by atoms with Gasteiger partial charge >= 0.3 is 6.09 Å². The van der Waals surface area contributed by atoms with Gasteiger partial charge in [0.05, 0.1) is 0 Å². The Morgan fingerprint density at radius 2 is 2.22 bits per heavy atom. The Morgan fingerprint density at radius 3 is 2.83 bits per heavy atom. The minimum atomic E-state index is -0.472. The molecule has 100 valence electrons. The van der Waals surface area contributed by atoms with Gasteiger partial charge in [-0.1, -0.05) is 11.6 Å². The summed E-state index contributed by atoms with van der Waals surface area (Å²) in [5.41, 5.74) is -0.472. The average Bonchev–Trinajstić information content (AvgIpc) is 2.22. The largest absolute Gasteiger partial charge is 0.444 e. The maximum absolute atomic E-state index is 11.3.